The molecular formula is C20H20BrN5O2. The number of hydrogen-bond donors (Lipinski definition) is 3. The Morgan fingerprint density at radius 1 is 1.18 bits per heavy atom. The van der Waals surface area contributed by atoms with Crippen molar-refractivity contribution < 1.29 is 4.79 Å². The summed E-state index contributed by atoms with van der Waals surface area (Å²) in [6.07, 6.45) is 2.64. The minimum atomic E-state index is -0.180. The Balaban J connectivity index is 1.53. The number of H-pyrrole nitrogens is 1. The van der Waals surface area contributed by atoms with Crippen LogP contribution in [0.4, 0.5) is 11.5 Å². The molecule has 0 aliphatic carbocycles. The molecule has 0 spiro atoms. The predicted molar refractivity (Wildman–Crippen MR) is 113 cm³/mol. The van der Waals surface area contributed by atoms with Gasteiger partial charge in [-0.2, -0.15) is 0 Å². The summed E-state index contributed by atoms with van der Waals surface area (Å²) in [6, 6.07) is 12.5. The highest BCUT2D eigenvalue weighted by atomic mass is 79.9. The van der Waals surface area contributed by atoms with Crippen molar-refractivity contribution >= 4 is 33.3 Å². The molecule has 28 heavy (non-hydrogen) atoms. The van der Waals surface area contributed by atoms with Crippen LogP contribution in [-0.2, 0) is 11.2 Å². The summed E-state index contributed by atoms with van der Waals surface area (Å²) in [5, 5.41) is 5.95. The van der Waals surface area contributed by atoms with E-state index in [1.165, 1.54) is 6.07 Å². The van der Waals surface area contributed by atoms with Crippen molar-refractivity contribution in [2.24, 2.45) is 0 Å². The number of carbonyl (C=O) groups is 1. The Bertz CT molecular complexity index is 1000. The van der Waals surface area contributed by atoms with Crippen molar-refractivity contribution in [2.45, 2.75) is 19.8 Å². The van der Waals surface area contributed by atoms with E-state index in [1.807, 2.05) is 37.3 Å². The molecule has 0 bridgehead atoms. The average molecular weight is 442 g/mol. The van der Waals surface area contributed by atoms with E-state index in [4.69, 9.17) is 0 Å². The van der Waals surface area contributed by atoms with Crippen molar-refractivity contribution in [1.82, 2.24) is 15.0 Å². The fourth-order valence-electron chi connectivity index (χ4n) is 2.53. The lowest BCUT2D eigenvalue weighted by Crippen LogP contribution is -2.16. The van der Waals surface area contributed by atoms with Gasteiger partial charge in [0.1, 0.15) is 11.6 Å². The van der Waals surface area contributed by atoms with Crippen LogP contribution in [0.3, 0.4) is 0 Å². The number of aryl methyl sites for hydroxylation is 1. The standard InChI is InChI=1S/C20H20BrN5O2/c1-2-15-11-19(28)26-20(25-15)13-3-8-17(23-12-13)22-10-9-18(27)24-16-6-4-14(21)5-7-16/h3-8,11-12H,2,9-10H2,1H3,(H,22,23)(H,24,27)(H,25,26,28). The van der Waals surface area contributed by atoms with Gasteiger partial charge in [-0.3, -0.25) is 9.59 Å². The topological polar surface area (TPSA) is 99.8 Å². The van der Waals surface area contributed by atoms with Crippen LogP contribution in [0.5, 0.6) is 0 Å². The third-order valence-electron chi connectivity index (χ3n) is 3.98. The Kier molecular flexibility index (Phi) is 6.54. The molecule has 0 saturated heterocycles. The van der Waals surface area contributed by atoms with Gasteiger partial charge in [0, 0.05) is 46.6 Å². The molecule has 0 aliphatic heterocycles. The van der Waals surface area contributed by atoms with E-state index < -0.39 is 0 Å². The van der Waals surface area contributed by atoms with Crippen molar-refractivity contribution in [3.05, 3.63) is 69.2 Å². The van der Waals surface area contributed by atoms with Gasteiger partial charge in [0.25, 0.3) is 5.56 Å². The van der Waals surface area contributed by atoms with E-state index in [-0.39, 0.29) is 11.5 Å². The lowest BCUT2D eigenvalue weighted by molar-refractivity contribution is -0.115. The maximum atomic E-state index is 12.0. The molecule has 2 heterocycles. The number of rotatable bonds is 7. The summed E-state index contributed by atoms with van der Waals surface area (Å²) in [7, 11) is 0. The molecule has 1 amide bonds. The summed E-state index contributed by atoms with van der Waals surface area (Å²) in [5.74, 6) is 1.07. The summed E-state index contributed by atoms with van der Waals surface area (Å²) in [6.45, 7) is 2.40. The lowest BCUT2D eigenvalue weighted by atomic mass is 10.2. The van der Waals surface area contributed by atoms with Crippen molar-refractivity contribution in [2.75, 3.05) is 17.2 Å². The van der Waals surface area contributed by atoms with Crippen LogP contribution in [0.15, 0.2) is 57.9 Å². The van der Waals surface area contributed by atoms with Crippen LogP contribution in [0.2, 0.25) is 0 Å². The monoisotopic (exact) mass is 441 g/mol. The first-order chi connectivity index (χ1) is 13.5. The molecule has 0 unspecified atom stereocenters. The van der Waals surface area contributed by atoms with Gasteiger partial charge in [-0.15, -0.1) is 0 Å². The largest absolute Gasteiger partial charge is 0.370 e. The van der Waals surface area contributed by atoms with Crippen LogP contribution < -0.4 is 16.2 Å². The highest BCUT2D eigenvalue weighted by molar-refractivity contribution is 9.10. The van der Waals surface area contributed by atoms with Gasteiger partial charge in [0.2, 0.25) is 5.91 Å². The van der Waals surface area contributed by atoms with Crippen LogP contribution >= 0.6 is 15.9 Å². The molecule has 0 fully saturated rings. The third-order valence-corrected chi connectivity index (χ3v) is 4.51. The number of aromatic nitrogens is 3. The second-order valence-corrected chi connectivity index (χ2v) is 7.02. The number of aromatic amines is 1. The number of carbonyl (C=O) groups excluding carboxylic acids is 1. The molecule has 0 radical (unpaired) electrons. The summed E-state index contributed by atoms with van der Waals surface area (Å²) < 4.78 is 0.961. The maximum absolute atomic E-state index is 12.0. The Labute approximate surface area is 170 Å². The zero-order valence-electron chi connectivity index (χ0n) is 15.3. The number of benzene rings is 1. The second kappa shape index (κ2) is 9.27. The van der Waals surface area contributed by atoms with Gasteiger partial charge >= 0.3 is 0 Å². The van der Waals surface area contributed by atoms with Crippen molar-refractivity contribution in [3.8, 4) is 11.4 Å². The molecule has 1 aromatic carbocycles. The van der Waals surface area contributed by atoms with Gasteiger partial charge in [0.05, 0.1) is 0 Å². The number of hydrogen-bond acceptors (Lipinski definition) is 5. The average Bonchev–Trinajstić information content (AvgIpc) is 2.70. The summed E-state index contributed by atoms with van der Waals surface area (Å²) >= 11 is 3.36. The molecular weight excluding hydrogens is 422 g/mol. The molecule has 3 rings (SSSR count). The van der Waals surface area contributed by atoms with Gasteiger partial charge in [0.15, 0.2) is 0 Å². The number of anilines is 2. The lowest BCUT2D eigenvalue weighted by Gasteiger charge is -2.08. The predicted octanol–water partition coefficient (Wildman–Crippen LogP) is 3.60. The zero-order valence-corrected chi connectivity index (χ0v) is 16.9. The summed E-state index contributed by atoms with van der Waals surface area (Å²) in [4.78, 5) is 35.1. The van der Waals surface area contributed by atoms with Gasteiger partial charge in [-0.05, 0) is 42.8 Å². The smallest absolute Gasteiger partial charge is 0.251 e. The quantitative estimate of drug-likeness (QED) is 0.519. The highest BCUT2D eigenvalue weighted by Crippen LogP contribution is 2.16. The number of pyridine rings is 1. The van der Waals surface area contributed by atoms with E-state index in [0.29, 0.717) is 31.0 Å². The zero-order chi connectivity index (χ0) is 19.9. The molecule has 0 aliphatic rings. The molecule has 7 nitrogen and oxygen atoms in total. The Morgan fingerprint density at radius 3 is 2.64 bits per heavy atom. The fourth-order valence-corrected chi connectivity index (χ4v) is 2.79. The number of nitrogens with zero attached hydrogens (tertiary/aromatic N) is 2. The van der Waals surface area contributed by atoms with Gasteiger partial charge < -0.3 is 15.6 Å². The third kappa shape index (κ3) is 5.50. The fraction of sp³-hybridized carbons (Fsp3) is 0.200. The minimum absolute atomic E-state index is 0.0791. The van der Waals surface area contributed by atoms with Crippen molar-refractivity contribution in [1.29, 1.82) is 0 Å². The van der Waals surface area contributed by atoms with Crippen molar-refractivity contribution in [3.63, 3.8) is 0 Å². The van der Waals surface area contributed by atoms with Crippen LogP contribution in [0.1, 0.15) is 19.0 Å². The maximum Gasteiger partial charge on any atom is 0.251 e. The highest BCUT2D eigenvalue weighted by Gasteiger charge is 2.06. The molecule has 2 aromatic heterocycles. The number of halogens is 1. The molecule has 8 heteroatoms. The van der Waals surface area contributed by atoms with E-state index in [0.717, 1.165) is 21.4 Å². The second-order valence-electron chi connectivity index (χ2n) is 6.10. The Morgan fingerprint density at radius 2 is 1.96 bits per heavy atom. The number of nitrogens with one attached hydrogen (secondary N) is 3. The molecule has 144 valence electrons. The van der Waals surface area contributed by atoms with Gasteiger partial charge in [-0.25, -0.2) is 9.97 Å². The van der Waals surface area contributed by atoms with Crippen LogP contribution in [-0.4, -0.2) is 27.4 Å². The first-order valence-corrected chi connectivity index (χ1v) is 9.69. The van der Waals surface area contributed by atoms with E-state index in [9.17, 15) is 9.59 Å². The van der Waals surface area contributed by atoms with Gasteiger partial charge in [-0.1, -0.05) is 22.9 Å². The molecule has 3 N–H and O–H groups in total. The first-order valence-electron chi connectivity index (χ1n) is 8.89. The minimum Gasteiger partial charge on any atom is -0.370 e. The summed E-state index contributed by atoms with van der Waals surface area (Å²) in [5.41, 5.74) is 2.04. The van der Waals surface area contributed by atoms with E-state index in [2.05, 4.69) is 41.5 Å². The van der Waals surface area contributed by atoms with E-state index >= 15 is 0 Å². The molecule has 3 aromatic rings. The van der Waals surface area contributed by atoms with Crippen LogP contribution in [0, 0.1) is 0 Å². The molecule has 0 saturated carbocycles. The Hall–Kier alpha value is -3.00. The first kappa shape index (κ1) is 19.8. The normalized spacial score (nSPS) is 10.5. The van der Waals surface area contributed by atoms with Crippen LogP contribution in [0.25, 0.3) is 11.4 Å². The number of amides is 1. The molecule has 0 atom stereocenters. The van der Waals surface area contributed by atoms with E-state index in [1.54, 1.807) is 12.3 Å². The SMILES string of the molecule is CCc1cc(=O)[nH]c(-c2ccc(NCCC(=O)Nc3ccc(Br)cc3)nc2)n1.